The molecule has 0 N–H and O–H groups in total. The maximum atomic E-state index is 12.6. The standard InChI is InChI=1S/C19H21Cl2NO4/c1-4-25-18-16(21)10-13(11-17(18)24-3)19(23)22(2)8-9-26-15-7-5-6-14(20)12-15/h5-7,10-12H,4,8-9H2,1-3H3. The van der Waals surface area contributed by atoms with E-state index in [2.05, 4.69) is 0 Å². The van der Waals surface area contributed by atoms with Gasteiger partial charge in [-0.1, -0.05) is 29.3 Å². The molecule has 26 heavy (non-hydrogen) atoms. The average Bonchev–Trinajstić information content (AvgIpc) is 2.62. The third-order valence-corrected chi connectivity index (χ3v) is 4.12. The summed E-state index contributed by atoms with van der Waals surface area (Å²) in [6.45, 7) is 3.04. The van der Waals surface area contributed by atoms with Crippen molar-refractivity contribution in [1.82, 2.24) is 4.90 Å². The summed E-state index contributed by atoms with van der Waals surface area (Å²) >= 11 is 12.1. The van der Waals surface area contributed by atoms with Gasteiger partial charge in [0.25, 0.3) is 5.91 Å². The van der Waals surface area contributed by atoms with Gasteiger partial charge in [-0.05, 0) is 37.3 Å². The first kappa shape index (κ1) is 20.2. The number of hydrogen-bond acceptors (Lipinski definition) is 4. The number of methoxy groups -OCH3 is 1. The Hall–Kier alpha value is -2.11. The van der Waals surface area contributed by atoms with E-state index in [0.29, 0.717) is 52.6 Å². The maximum Gasteiger partial charge on any atom is 0.253 e. The van der Waals surface area contributed by atoms with Gasteiger partial charge in [-0.25, -0.2) is 0 Å². The van der Waals surface area contributed by atoms with E-state index < -0.39 is 0 Å². The topological polar surface area (TPSA) is 48.0 Å². The van der Waals surface area contributed by atoms with Crippen LogP contribution in [0.2, 0.25) is 10.0 Å². The molecule has 0 unspecified atom stereocenters. The zero-order valence-electron chi connectivity index (χ0n) is 14.9. The van der Waals surface area contributed by atoms with E-state index in [9.17, 15) is 4.79 Å². The molecule has 0 saturated carbocycles. The number of rotatable bonds is 8. The Bertz CT molecular complexity index is 767. The Labute approximate surface area is 163 Å². The van der Waals surface area contributed by atoms with Gasteiger partial charge in [0.05, 0.1) is 25.3 Å². The van der Waals surface area contributed by atoms with E-state index in [1.807, 2.05) is 13.0 Å². The molecule has 5 nitrogen and oxygen atoms in total. The Morgan fingerprint density at radius 3 is 2.58 bits per heavy atom. The largest absolute Gasteiger partial charge is 0.493 e. The SMILES string of the molecule is CCOc1c(Cl)cc(C(=O)N(C)CCOc2cccc(Cl)c2)cc1OC. The Morgan fingerprint density at radius 1 is 1.15 bits per heavy atom. The highest BCUT2D eigenvalue weighted by atomic mass is 35.5. The van der Waals surface area contributed by atoms with Crippen LogP contribution in [-0.4, -0.2) is 44.7 Å². The van der Waals surface area contributed by atoms with Crippen LogP contribution < -0.4 is 14.2 Å². The van der Waals surface area contributed by atoms with Gasteiger partial charge in [-0.2, -0.15) is 0 Å². The second kappa shape index (κ2) is 9.55. The van der Waals surface area contributed by atoms with Crippen molar-refractivity contribution in [3.8, 4) is 17.2 Å². The number of ether oxygens (including phenoxy) is 3. The van der Waals surface area contributed by atoms with Crippen LogP contribution in [-0.2, 0) is 0 Å². The molecule has 2 rings (SSSR count). The number of halogens is 2. The first-order valence-corrected chi connectivity index (χ1v) is 8.86. The van der Waals surface area contributed by atoms with Crippen LogP contribution in [0.15, 0.2) is 36.4 Å². The lowest BCUT2D eigenvalue weighted by molar-refractivity contribution is 0.0773. The molecule has 0 aliphatic carbocycles. The van der Waals surface area contributed by atoms with Gasteiger partial charge < -0.3 is 19.1 Å². The third-order valence-electron chi connectivity index (χ3n) is 3.60. The van der Waals surface area contributed by atoms with Crippen LogP contribution in [0.5, 0.6) is 17.2 Å². The fraction of sp³-hybridized carbons (Fsp3) is 0.316. The van der Waals surface area contributed by atoms with Crippen LogP contribution >= 0.6 is 23.2 Å². The number of carbonyl (C=O) groups is 1. The zero-order valence-corrected chi connectivity index (χ0v) is 16.4. The lowest BCUT2D eigenvalue weighted by Crippen LogP contribution is -2.30. The van der Waals surface area contributed by atoms with Gasteiger partial charge in [-0.15, -0.1) is 0 Å². The summed E-state index contributed by atoms with van der Waals surface area (Å²) < 4.78 is 16.4. The van der Waals surface area contributed by atoms with Crippen molar-refractivity contribution in [3.63, 3.8) is 0 Å². The van der Waals surface area contributed by atoms with Gasteiger partial charge >= 0.3 is 0 Å². The van der Waals surface area contributed by atoms with Crippen molar-refractivity contribution < 1.29 is 19.0 Å². The molecule has 0 atom stereocenters. The molecule has 0 aliphatic heterocycles. The molecule has 140 valence electrons. The first-order valence-electron chi connectivity index (χ1n) is 8.10. The van der Waals surface area contributed by atoms with E-state index in [-0.39, 0.29) is 5.91 Å². The highest BCUT2D eigenvalue weighted by Gasteiger charge is 2.18. The number of carbonyl (C=O) groups excluding carboxylic acids is 1. The minimum absolute atomic E-state index is 0.192. The summed E-state index contributed by atoms with van der Waals surface area (Å²) in [5, 5.41) is 0.932. The summed E-state index contributed by atoms with van der Waals surface area (Å²) in [5.74, 6) is 1.32. The minimum Gasteiger partial charge on any atom is -0.493 e. The molecule has 0 spiro atoms. The van der Waals surface area contributed by atoms with E-state index >= 15 is 0 Å². The summed E-state index contributed by atoms with van der Waals surface area (Å²) in [6.07, 6.45) is 0. The number of likely N-dealkylation sites (N-methyl/N-ethyl adjacent to an activating group) is 1. The number of hydrogen-bond donors (Lipinski definition) is 0. The summed E-state index contributed by atoms with van der Waals surface area (Å²) in [7, 11) is 3.20. The number of amides is 1. The normalized spacial score (nSPS) is 10.3. The molecule has 0 heterocycles. The fourth-order valence-electron chi connectivity index (χ4n) is 2.31. The molecule has 0 saturated heterocycles. The van der Waals surface area contributed by atoms with Gasteiger partial charge in [0, 0.05) is 17.6 Å². The molecular formula is C19H21Cl2NO4. The van der Waals surface area contributed by atoms with E-state index in [0.717, 1.165) is 0 Å². The first-order chi connectivity index (χ1) is 12.5. The molecule has 0 aliphatic rings. The van der Waals surface area contributed by atoms with Crippen molar-refractivity contribution in [2.24, 2.45) is 0 Å². The molecular weight excluding hydrogens is 377 g/mol. The van der Waals surface area contributed by atoms with Gasteiger partial charge in [0.2, 0.25) is 0 Å². The second-order valence-corrected chi connectivity index (χ2v) is 6.30. The van der Waals surface area contributed by atoms with E-state index in [1.165, 1.54) is 7.11 Å². The molecule has 7 heteroatoms. The van der Waals surface area contributed by atoms with Crippen LogP contribution in [0.4, 0.5) is 0 Å². The minimum atomic E-state index is -0.192. The van der Waals surface area contributed by atoms with Crippen LogP contribution in [0, 0.1) is 0 Å². The Morgan fingerprint density at radius 2 is 1.92 bits per heavy atom. The molecule has 0 fully saturated rings. The Balaban J connectivity index is 2.02. The van der Waals surface area contributed by atoms with Gasteiger partial charge in [0.1, 0.15) is 12.4 Å². The average molecular weight is 398 g/mol. The van der Waals surface area contributed by atoms with Crippen molar-refractivity contribution in [2.45, 2.75) is 6.92 Å². The zero-order chi connectivity index (χ0) is 19.1. The second-order valence-electron chi connectivity index (χ2n) is 5.46. The highest BCUT2D eigenvalue weighted by molar-refractivity contribution is 6.32. The van der Waals surface area contributed by atoms with E-state index in [1.54, 1.807) is 42.3 Å². The van der Waals surface area contributed by atoms with Crippen molar-refractivity contribution in [1.29, 1.82) is 0 Å². The Kier molecular flexibility index (Phi) is 7.42. The van der Waals surface area contributed by atoms with Gasteiger partial charge in [-0.3, -0.25) is 4.79 Å². The molecule has 0 bridgehead atoms. The fourth-order valence-corrected chi connectivity index (χ4v) is 2.75. The monoisotopic (exact) mass is 397 g/mol. The quantitative estimate of drug-likeness (QED) is 0.655. The van der Waals surface area contributed by atoms with E-state index in [4.69, 9.17) is 37.4 Å². The van der Waals surface area contributed by atoms with Crippen LogP contribution in [0.25, 0.3) is 0 Å². The highest BCUT2D eigenvalue weighted by Crippen LogP contribution is 2.36. The predicted octanol–water partition coefficient (Wildman–Crippen LogP) is 4.55. The molecule has 1 amide bonds. The van der Waals surface area contributed by atoms with Gasteiger partial charge in [0.15, 0.2) is 11.5 Å². The predicted molar refractivity (Wildman–Crippen MR) is 103 cm³/mol. The molecule has 0 radical (unpaired) electrons. The van der Waals surface area contributed by atoms with Crippen molar-refractivity contribution >= 4 is 29.1 Å². The third kappa shape index (κ3) is 5.19. The maximum absolute atomic E-state index is 12.6. The molecule has 2 aromatic carbocycles. The molecule has 0 aromatic heterocycles. The smallest absolute Gasteiger partial charge is 0.253 e. The summed E-state index contributed by atoms with van der Waals surface area (Å²) in [4.78, 5) is 14.2. The summed E-state index contributed by atoms with van der Waals surface area (Å²) in [5.41, 5.74) is 0.417. The lowest BCUT2D eigenvalue weighted by atomic mass is 10.1. The van der Waals surface area contributed by atoms with Crippen LogP contribution in [0.1, 0.15) is 17.3 Å². The van der Waals surface area contributed by atoms with Crippen LogP contribution in [0.3, 0.4) is 0 Å². The summed E-state index contributed by atoms with van der Waals surface area (Å²) in [6, 6.07) is 10.3. The molecule has 2 aromatic rings. The number of nitrogens with zero attached hydrogens (tertiary/aromatic N) is 1. The lowest BCUT2D eigenvalue weighted by Gasteiger charge is -2.19. The number of benzene rings is 2. The van der Waals surface area contributed by atoms with Crippen molar-refractivity contribution in [3.05, 3.63) is 52.0 Å². The van der Waals surface area contributed by atoms with Crippen molar-refractivity contribution in [2.75, 3.05) is 33.9 Å².